The SMILES string of the molecule is CC(C)(C)CC(=O)Nc1ccc(Cl)c(CN(C(=O)c2cc(F)cc(F)c2)C2CCCCC2N)c1. The summed E-state index contributed by atoms with van der Waals surface area (Å²) in [5.41, 5.74) is 7.29. The van der Waals surface area contributed by atoms with Crippen molar-refractivity contribution in [2.75, 3.05) is 5.32 Å². The van der Waals surface area contributed by atoms with Gasteiger partial charge in [0.2, 0.25) is 5.91 Å². The number of nitrogens with two attached hydrogens (primary N) is 1. The smallest absolute Gasteiger partial charge is 0.254 e. The zero-order valence-corrected chi connectivity index (χ0v) is 20.6. The van der Waals surface area contributed by atoms with Crippen molar-refractivity contribution < 1.29 is 18.4 Å². The largest absolute Gasteiger partial charge is 0.330 e. The first kappa shape index (κ1) is 26.1. The van der Waals surface area contributed by atoms with Crippen molar-refractivity contribution in [3.63, 3.8) is 0 Å². The molecule has 5 nitrogen and oxygen atoms in total. The number of nitrogens with one attached hydrogen (secondary N) is 1. The molecule has 0 aromatic heterocycles. The van der Waals surface area contributed by atoms with Crippen molar-refractivity contribution in [2.24, 2.45) is 11.1 Å². The van der Waals surface area contributed by atoms with Crippen LogP contribution < -0.4 is 11.1 Å². The van der Waals surface area contributed by atoms with E-state index in [-0.39, 0.29) is 35.5 Å². The van der Waals surface area contributed by atoms with Crippen LogP contribution in [0.25, 0.3) is 0 Å². The summed E-state index contributed by atoms with van der Waals surface area (Å²) < 4.78 is 27.7. The van der Waals surface area contributed by atoms with Gasteiger partial charge in [-0.2, -0.15) is 0 Å². The summed E-state index contributed by atoms with van der Waals surface area (Å²) >= 11 is 6.46. The Hall–Kier alpha value is -2.51. The van der Waals surface area contributed by atoms with E-state index < -0.39 is 17.5 Å². The Morgan fingerprint density at radius 2 is 1.74 bits per heavy atom. The third-order valence-corrected chi connectivity index (χ3v) is 6.28. The van der Waals surface area contributed by atoms with Gasteiger partial charge in [-0.15, -0.1) is 0 Å². The predicted molar refractivity (Wildman–Crippen MR) is 131 cm³/mol. The van der Waals surface area contributed by atoms with Gasteiger partial charge in [-0.05, 0) is 54.2 Å². The van der Waals surface area contributed by atoms with E-state index in [0.29, 0.717) is 29.1 Å². The molecule has 2 unspecified atom stereocenters. The second kappa shape index (κ2) is 10.8. The Labute approximate surface area is 204 Å². The van der Waals surface area contributed by atoms with E-state index in [1.54, 1.807) is 23.1 Å². The summed E-state index contributed by atoms with van der Waals surface area (Å²) in [4.78, 5) is 27.4. The summed E-state index contributed by atoms with van der Waals surface area (Å²) in [6, 6.07) is 7.31. The summed E-state index contributed by atoms with van der Waals surface area (Å²) in [6.07, 6.45) is 3.64. The molecule has 2 aromatic carbocycles. The molecule has 0 aliphatic heterocycles. The Morgan fingerprint density at radius 3 is 2.35 bits per heavy atom. The molecule has 0 heterocycles. The van der Waals surface area contributed by atoms with Crippen LogP contribution in [0.5, 0.6) is 0 Å². The van der Waals surface area contributed by atoms with E-state index in [1.165, 1.54) is 0 Å². The van der Waals surface area contributed by atoms with Crippen molar-refractivity contribution in [1.29, 1.82) is 0 Å². The molecule has 0 radical (unpaired) electrons. The molecule has 34 heavy (non-hydrogen) atoms. The molecular weight excluding hydrogens is 460 g/mol. The zero-order chi connectivity index (χ0) is 25.0. The second-order valence-corrected chi connectivity index (χ2v) is 10.6. The minimum atomic E-state index is -0.821. The Kier molecular flexibility index (Phi) is 8.31. The summed E-state index contributed by atoms with van der Waals surface area (Å²) in [5, 5.41) is 3.30. The van der Waals surface area contributed by atoms with Crippen molar-refractivity contribution in [2.45, 2.75) is 71.5 Å². The lowest BCUT2D eigenvalue weighted by Gasteiger charge is -2.38. The molecule has 2 aromatic rings. The molecule has 1 aliphatic rings. The highest BCUT2D eigenvalue weighted by Gasteiger charge is 2.32. The number of hydrogen-bond donors (Lipinski definition) is 2. The molecule has 184 valence electrons. The van der Waals surface area contributed by atoms with Gasteiger partial charge in [0, 0.05) is 47.4 Å². The van der Waals surface area contributed by atoms with Crippen molar-refractivity contribution >= 4 is 29.1 Å². The van der Waals surface area contributed by atoms with E-state index >= 15 is 0 Å². The first-order chi connectivity index (χ1) is 15.9. The van der Waals surface area contributed by atoms with Gasteiger partial charge in [0.1, 0.15) is 11.6 Å². The fraction of sp³-hybridized carbons (Fsp3) is 0.462. The van der Waals surface area contributed by atoms with Gasteiger partial charge in [-0.25, -0.2) is 8.78 Å². The molecule has 1 aliphatic carbocycles. The van der Waals surface area contributed by atoms with Crippen molar-refractivity contribution in [1.82, 2.24) is 4.90 Å². The Bertz CT molecular complexity index is 1030. The lowest BCUT2D eigenvalue weighted by atomic mass is 9.89. The number of nitrogens with zero attached hydrogens (tertiary/aromatic N) is 1. The van der Waals surface area contributed by atoms with Crippen LogP contribution in [-0.2, 0) is 11.3 Å². The van der Waals surface area contributed by atoms with E-state index in [0.717, 1.165) is 37.5 Å². The maximum atomic E-state index is 13.9. The maximum Gasteiger partial charge on any atom is 0.254 e. The van der Waals surface area contributed by atoms with Crippen LogP contribution >= 0.6 is 11.6 Å². The average molecular weight is 492 g/mol. The standard InChI is InChI=1S/C26H32ClF2N3O2/c1-26(2,3)14-24(33)31-20-8-9-21(27)17(12-20)15-32(23-7-5-4-6-22(23)30)25(34)16-10-18(28)13-19(29)11-16/h8-13,22-23H,4-7,14-15,30H2,1-3H3,(H,31,33). The van der Waals surface area contributed by atoms with Crippen molar-refractivity contribution in [3.05, 3.63) is 64.2 Å². The van der Waals surface area contributed by atoms with Gasteiger partial charge in [0.25, 0.3) is 5.91 Å². The fourth-order valence-electron chi connectivity index (χ4n) is 4.35. The molecule has 0 saturated heterocycles. The number of rotatable bonds is 6. The highest BCUT2D eigenvalue weighted by atomic mass is 35.5. The highest BCUT2D eigenvalue weighted by molar-refractivity contribution is 6.31. The third kappa shape index (κ3) is 7.00. The van der Waals surface area contributed by atoms with Gasteiger partial charge in [-0.3, -0.25) is 9.59 Å². The molecule has 2 amide bonds. The molecular formula is C26H32ClF2N3O2. The van der Waals surface area contributed by atoms with Crippen LogP contribution in [0.4, 0.5) is 14.5 Å². The molecule has 8 heteroatoms. The van der Waals surface area contributed by atoms with E-state index in [9.17, 15) is 18.4 Å². The third-order valence-electron chi connectivity index (χ3n) is 5.91. The Balaban J connectivity index is 1.91. The number of benzene rings is 2. The van der Waals surface area contributed by atoms with Gasteiger partial charge in [0.05, 0.1) is 0 Å². The molecule has 3 N–H and O–H groups in total. The Morgan fingerprint density at radius 1 is 1.09 bits per heavy atom. The van der Waals surface area contributed by atoms with Gasteiger partial charge >= 0.3 is 0 Å². The molecule has 3 rings (SSSR count). The molecule has 2 atom stereocenters. The second-order valence-electron chi connectivity index (χ2n) is 10.2. The highest BCUT2D eigenvalue weighted by Crippen LogP contribution is 2.29. The van der Waals surface area contributed by atoms with Crippen LogP contribution in [0.3, 0.4) is 0 Å². The first-order valence-corrected chi connectivity index (χ1v) is 11.9. The van der Waals surface area contributed by atoms with Gasteiger partial charge < -0.3 is 16.0 Å². The fourth-order valence-corrected chi connectivity index (χ4v) is 4.53. The monoisotopic (exact) mass is 491 g/mol. The van der Waals surface area contributed by atoms with E-state index in [2.05, 4.69) is 5.32 Å². The van der Waals surface area contributed by atoms with Crippen LogP contribution in [0.2, 0.25) is 5.02 Å². The zero-order valence-electron chi connectivity index (χ0n) is 19.8. The summed E-state index contributed by atoms with van der Waals surface area (Å²) in [7, 11) is 0. The van der Waals surface area contributed by atoms with Gasteiger partial charge in [-0.1, -0.05) is 45.2 Å². The quantitative estimate of drug-likeness (QED) is 0.527. The number of amides is 2. The van der Waals surface area contributed by atoms with Crippen LogP contribution in [-0.4, -0.2) is 28.8 Å². The number of hydrogen-bond acceptors (Lipinski definition) is 3. The number of anilines is 1. The van der Waals surface area contributed by atoms with Crippen LogP contribution in [0, 0.1) is 17.0 Å². The molecule has 0 bridgehead atoms. The summed E-state index contributed by atoms with van der Waals surface area (Å²) in [5.74, 6) is -2.28. The number of halogens is 3. The lowest BCUT2D eigenvalue weighted by Crippen LogP contribution is -2.51. The minimum Gasteiger partial charge on any atom is -0.330 e. The number of carbonyl (C=O) groups is 2. The van der Waals surface area contributed by atoms with Crippen LogP contribution in [0.15, 0.2) is 36.4 Å². The van der Waals surface area contributed by atoms with E-state index in [4.69, 9.17) is 17.3 Å². The normalized spacial score (nSPS) is 18.4. The van der Waals surface area contributed by atoms with Crippen molar-refractivity contribution in [3.8, 4) is 0 Å². The van der Waals surface area contributed by atoms with Gasteiger partial charge in [0.15, 0.2) is 0 Å². The molecule has 0 spiro atoms. The molecule has 1 saturated carbocycles. The summed E-state index contributed by atoms with van der Waals surface area (Å²) in [6.45, 7) is 6.03. The lowest BCUT2D eigenvalue weighted by molar-refractivity contribution is -0.117. The maximum absolute atomic E-state index is 13.9. The van der Waals surface area contributed by atoms with Crippen LogP contribution in [0.1, 0.15) is 68.8 Å². The topological polar surface area (TPSA) is 75.4 Å². The minimum absolute atomic E-state index is 0.0824. The number of carbonyl (C=O) groups excluding carboxylic acids is 2. The average Bonchev–Trinajstić information content (AvgIpc) is 2.72. The first-order valence-electron chi connectivity index (χ1n) is 11.5. The molecule has 1 fully saturated rings. The van der Waals surface area contributed by atoms with E-state index in [1.807, 2.05) is 20.8 Å². The predicted octanol–water partition coefficient (Wildman–Crippen LogP) is 5.91.